The SMILES string of the molecule is COc1ncccc1C(=O)Nc1ccc(CCC(=O)O)cc1. The average Bonchev–Trinajstić information content (AvgIpc) is 2.54. The smallest absolute Gasteiger partial charge is 0.303 e. The van der Waals surface area contributed by atoms with Crippen LogP contribution in [0.15, 0.2) is 42.6 Å². The summed E-state index contributed by atoms with van der Waals surface area (Å²) < 4.78 is 5.05. The number of carboxylic acid groups (broad SMARTS) is 1. The van der Waals surface area contributed by atoms with Crippen LogP contribution in [0.3, 0.4) is 0 Å². The number of aromatic nitrogens is 1. The van der Waals surface area contributed by atoms with E-state index in [1.54, 1.807) is 42.6 Å². The van der Waals surface area contributed by atoms with Crippen LogP contribution in [0.5, 0.6) is 5.88 Å². The molecule has 1 amide bonds. The highest BCUT2D eigenvalue weighted by Gasteiger charge is 2.12. The third-order valence-electron chi connectivity index (χ3n) is 3.05. The molecule has 1 aromatic heterocycles. The average molecular weight is 300 g/mol. The van der Waals surface area contributed by atoms with Crippen molar-refractivity contribution in [2.24, 2.45) is 0 Å². The summed E-state index contributed by atoms with van der Waals surface area (Å²) in [5.41, 5.74) is 1.87. The molecule has 0 aliphatic rings. The molecule has 1 aromatic carbocycles. The fourth-order valence-electron chi connectivity index (χ4n) is 1.93. The topological polar surface area (TPSA) is 88.5 Å². The number of amides is 1. The molecule has 6 heteroatoms. The summed E-state index contributed by atoms with van der Waals surface area (Å²) in [6, 6.07) is 10.3. The molecule has 2 aromatic rings. The summed E-state index contributed by atoms with van der Waals surface area (Å²) in [5, 5.41) is 11.4. The predicted molar refractivity (Wildman–Crippen MR) is 81.1 cm³/mol. The van der Waals surface area contributed by atoms with E-state index < -0.39 is 5.97 Å². The van der Waals surface area contributed by atoms with Gasteiger partial charge in [0.1, 0.15) is 5.56 Å². The summed E-state index contributed by atoms with van der Waals surface area (Å²) in [4.78, 5) is 26.7. The fraction of sp³-hybridized carbons (Fsp3) is 0.188. The minimum atomic E-state index is -0.832. The molecule has 0 aliphatic carbocycles. The number of carboxylic acids is 1. The van der Waals surface area contributed by atoms with Crippen molar-refractivity contribution in [1.29, 1.82) is 0 Å². The highest BCUT2D eigenvalue weighted by atomic mass is 16.5. The maximum atomic E-state index is 12.2. The van der Waals surface area contributed by atoms with Crippen LogP contribution in [-0.2, 0) is 11.2 Å². The van der Waals surface area contributed by atoms with Crippen LogP contribution in [-0.4, -0.2) is 29.1 Å². The van der Waals surface area contributed by atoms with Gasteiger partial charge in [0, 0.05) is 18.3 Å². The van der Waals surface area contributed by atoms with Gasteiger partial charge in [-0.15, -0.1) is 0 Å². The van der Waals surface area contributed by atoms with Crippen molar-refractivity contribution in [3.63, 3.8) is 0 Å². The molecule has 0 aliphatic heterocycles. The predicted octanol–water partition coefficient (Wildman–Crippen LogP) is 2.36. The number of aryl methyl sites for hydroxylation is 1. The second-order valence-electron chi connectivity index (χ2n) is 4.61. The Hall–Kier alpha value is -2.89. The molecule has 0 atom stereocenters. The minimum absolute atomic E-state index is 0.0819. The maximum absolute atomic E-state index is 12.2. The number of methoxy groups -OCH3 is 1. The molecule has 0 radical (unpaired) electrons. The number of hydrogen-bond acceptors (Lipinski definition) is 4. The molecule has 0 saturated carbocycles. The number of carbonyl (C=O) groups is 2. The Morgan fingerprint density at radius 3 is 2.59 bits per heavy atom. The number of anilines is 1. The Morgan fingerprint density at radius 2 is 1.95 bits per heavy atom. The minimum Gasteiger partial charge on any atom is -0.481 e. The lowest BCUT2D eigenvalue weighted by molar-refractivity contribution is -0.136. The Balaban J connectivity index is 2.04. The van der Waals surface area contributed by atoms with Gasteiger partial charge in [-0.05, 0) is 36.2 Å². The van der Waals surface area contributed by atoms with E-state index in [1.165, 1.54) is 7.11 Å². The molecule has 6 nitrogen and oxygen atoms in total. The highest BCUT2D eigenvalue weighted by Crippen LogP contribution is 2.17. The molecule has 0 unspecified atom stereocenters. The third kappa shape index (κ3) is 4.05. The van der Waals surface area contributed by atoms with E-state index in [0.29, 0.717) is 17.7 Å². The number of rotatable bonds is 6. The number of ether oxygens (including phenoxy) is 1. The normalized spacial score (nSPS) is 10.0. The summed E-state index contributed by atoms with van der Waals surface area (Å²) in [7, 11) is 1.45. The summed E-state index contributed by atoms with van der Waals surface area (Å²) in [6.45, 7) is 0. The van der Waals surface area contributed by atoms with Crippen molar-refractivity contribution in [3.8, 4) is 5.88 Å². The second kappa shape index (κ2) is 7.21. The lowest BCUT2D eigenvalue weighted by Gasteiger charge is -2.08. The van der Waals surface area contributed by atoms with Gasteiger partial charge in [0.15, 0.2) is 0 Å². The zero-order valence-corrected chi connectivity index (χ0v) is 12.1. The largest absolute Gasteiger partial charge is 0.481 e. The van der Waals surface area contributed by atoms with Gasteiger partial charge < -0.3 is 15.2 Å². The first-order valence-electron chi connectivity index (χ1n) is 6.71. The van der Waals surface area contributed by atoms with E-state index in [4.69, 9.17) is 9.84 Å². The molecule has 0 fully saturated rings. The molecule has 2 N–H and O–H groups in total. The van der Waals surface area contributed by atoms with Crippen molar-refractivity contribution in [2.75, 3.05) is 12.4 Å². The lowest BCUT2D eigenvalue weighted by atomic mass is 10.1. The molecule has 2 rings (SSSR count). The maximum Gasteiger partial charge on any atom is 0.303 e. The number of pyridine rings is 1. The van der Waals surface area contributed by atoms with Crippen LogP contribution >= 0.6 is 0 Å². The van der Waals surface area contributed by atoms with Gasteiger partial charge in [-0.1, -0.05) is 12.1 Å². The van der Waals surface area contributed by atoms with Crippen LogP contribution in [0.25, 0.3) is 0 Å². The van der Waals surface area contributed by atoms with Gasteiger partial charge in [0.05, 0.1) is 7.11 Å². The monoisotopic (exact) mass is 300 g/mol. The van der Waals surface area contributed by atoms with Gasteiger partial charge >= 0.3 is 5.97 Å². The zero-order chi connectivity index (χ0) is 15.9. The van der Waals surface area contributed by atoms with E-state index >= 15 is 0 Å². The third-order valence-corrected chi connectivity index (χ3v) is 3.05. The van der Waals surface area contributed by atoms with E-state index in [2.05, 4.69) is 10.3 Å². The summed E-state index contributed by atoms with van der Waals surface area (Å²) >= 11 is 0. The van der Waals surface area contributed by atoms with Crippen molar-refractivity contribution in [1.82, 2.24) is 4.98 Å². The molecule has 0 bridgehead atoms. The fourth-order valence-corrected chi connectivity index (χ4v) is 1.93. The highest BCUT2D eigenvalue weighted by molar-refractivity contribution is 6.05. The van der Waals surface area contributed by atoms with Crippen LogP contribution < -0.4 is 10.1 Å². The number of hydrogen-bond donors (Lipinski definition) is 2. The first-order valence-corrected chi connectivity index (χ1v) is 6.71. The van der Waals surface area contributed by atoms with Gasteiger partial charge in [0.25, 0.3) is 5.91 Å². The molecule has 0 spiro atoms. The van der Waals surface area contributed by atoms with E-state index in [-0.39, 0.29) is 18.2 Å². The van der Waals surface area contributed by atoms with Crippen molar-refractivity contribution in [3.05, 3.63) is 53.7 Å². The van der Waals surface area contributed by atoms with E-state index in [9.17, 15) is 9.59 Å². The van der Waals surface area contributed by atoms with E-state index in [1.807, 2.05) is 0 Å². The Kier molecular flexibility index (Phi) is 5.08. The Morgan fingerprint density at radius 1 is 1.23 bits per heavy atom. The van der Waals surface area contributed by atoms with Crippen LogP contribution in [0.4, 0.5) is 5.69 Å². The molecular weight excluding hydrogens is 284 g/mol. The van der Waals surface area contributed by atoms with Crippen molar-refractivity contribution >= 4 is 17.6 Å². The molecule has 0 saturated heterocycles. The van der Waals surface area contributed by atoms with Gasteiger partial charge in [-0.25, -0.2) is 4.98 Å². The molecule has 1 heterocycles. The van der Waals surface area contributed by atoms with Gasteiger partial charge in [-0.3, -0.25) is 9.59 Å². The van der Waals surface area contributed by atoms with Gasteiger partial charge in [0.2, 0.25) is 5.88 Å². The van der Waals surface area contributed by atoms with Crippen LogP contribution in [0, 0.1) is 0 Å². The van der Waals surface area contributed by atoms with E-state index in [0.717, 1.165) is 5.56 Å². The quantitative estimate of drug-likeness (QED) is 0.855. The first-order chi connectivity index (χ1) is 10.6. The van der Waals surface area contributed by atoms with Crippen molar-refractivity contribution in [2.45, 2.75) is 12.8 Å². The molecular formula is C16H16N2O4. The number of nitrogens with one attached hydrogen (secondary N) is 1. The second-order valence-corrected chi connectivity index (χ2v) is 4.61. The van der Waals surface area contributed by atoms with Crippen LogP contribution in [0.1, 0.15) is 22.3 Å². The summed E-state index contributed by atoms with van der Waals surface area (Å²) in [5.74, 6) is -0.887. The van der Waals surface area contributed by atoms with Crippen molar-refractivity contribution < 1.29 is 19.4 Å². The number of nitrogens with zero attached hydrogens (tertiary/aromatic N) is 1. The number of aliphatic carboxylic acids is 1. The molecule has 22 heavy (non-hydrogen) atoms. The zero-order valence-electron chi connectivity index (χ0n) is 12.1. The Bertz CT molecular complexity index is 668. The lowest BCUT2D eigenvalue weighted by Crippen LogP contribution is -2.13. The molecule has 114 valence electrons. The standard InChI is InChI=1S/C16H16N2O4/c1-22-16-13(3-2-10-17-16)15(21)18-12-7-4-11(5-8-12)6-9-14(19)20/h2-5,7-8,10H,6,9H2,1H3,(H,18,21)(H,19,20). The number of carbonyl (C=O) groups excluding carboxylic acids is 1. The van der Waals surface area contributed by atoms with Crippen LogP contribution in [0.2, 0.25) is 0 Å². The summed E-state index contributed by atoms with van der Waals surface area (Å²) in [6.07, 6.45) is 2.09. The first kappa shape index (κ1) is 15.5. The van der Waals surface area contributed by atoms with Gasteiger partial charge in [-0.2, -0.15) is 0 Å². The number of benzene rings is 1. The Labute approximate surface area is 127 Å².